The molecule has 0 fully saturated rings. The quantitative estimate of drug-likeness (QED) is 0.879. The van der Waals surface area contributed by atoms with Crippen LogP contribution >= 0.6 is 0 Å². The van der Waals surface area contributed by atoms with Gasteiger partial charge in [-0.2, -0.15) is 0 Å². The second-order valence-corrected chi connectivity index (χ2v) is 5.22. The van der Waals surface area contributed by atoms with Crippen molar-refractivity contribution in [2.24, 2.45) is 0 Å². The number of nitrogens with zero attached hydrogens (tertiary/aromatic N) is 1. The van der Waals surface area contributed by atoms with Crippen LogP contribution in [-0.4, -0.2) is 23.9 Å². The highest BCUT2D eigenvalue weighted by Gasteiger charge is 2.21. The van der Waals surface area contributed by atoms with E-state index in [1.54, 1.807) is 6.92 Å². The van der Waals surface area contributed by atoms with Crippen LogP contribution in [0, 0.1) is 0 Å². The summed E-state index contributed by atoms with van der Waals surface area (Å²) in [6.45, 7) is 7.01. The molecule has 1 aromatic carbocycles. The van der Waals surface area contributed by atoms with Gasteiger partial charge in [-0.15, -0.1) is 0 Å². The van der Waals surface area contributed by atoms with E-state index in [1.807, 2.05) is 12.1 Å². The number of fused-ring (bicyclic) bond motifs is 1. The van der Waals surface area contributed by atoms with Crippen molar-refractivity contribution in [3.05, 3.63) is 30.2 Å². The van der Waals surface area contributed by atoms with Crippen LogP contribution in [0.25, 0.3) is 11.1 Å². The predicted octanol–water partition coefficient (Wildman–Crippen LogP) is 2.28. The molecule has 96 valence electrons. The van der Waals surface area contributed by atoms with Crippen molar-refractivity contribution in [1.82, 2.24) is 10.3 Å². The molecule has 0 bridgehead atoms. The summed E-state index contributed by atoms with van der Waals surface area (Å²) in [5.41, 5.74) is 2.78. The number of nitrogens with one attached hydrogen (secondary N) is 1. The normalized spacial score (nSPS) is 11.9. The number of ketones is 1. The first-order valence-corrected chi connectivity index (χ1v) is 6.03. The van der Waals surface area contributed by atoms with Gasteiger partial charge in [0, 0.05) is 12.0 Å². The summed E-state index contributed by atoms with van der Waals surface area (Å²) in [4.78, 5) is 15.0. The minimum absolute atomic E-state index is 0.0591. The molecule has 18 heavy (non-hydrogen) atoms. The fourth-order valence-corrected chi connectivity index (χ4v) is 1.93. The van der Waals surface area contributed by atoms with Crippen LogP contribution in [0.1, 0.15) is 26.3 Å². The molecule has 0 aliphatic rings. The molecule has 0 saturated heterocycles. The summed E-state index contributed by atoms with van der Waals surface area (Å²) in [6, 6.07) is 6.03. The van der Waals surface area contributed by atoms with Gasteiger partial charge in [-0.05, 0) is 24.6 Å². The van der Waals surface area contributed by atoms with Crippen LogP contribution in [0.15, 0.2) is 29.0 Å². The summed E-state index contributed by atoms with van der Waals surface area (Å²) < 4.78 is 5.31. The largest absolute Gasteiger partial charge is 0.443 e. The Morgan fingerprint density at radius 3 is 2.94 bits per heavy atom. The Morgan fingerprint density at radius 2 is 2.22 bits per heavy atom. The molecule has 4 nitrogen and oxygen atoms in total. The molecular weight excluding hydrogens is 228 g/mol. The van der Waals surface area contributed by atoms with Crippen molar-refractivity contribution in [1.29, 1.82) is 0 Å². The molecule has 0 atom stereocenters. The molecule has 1 heterocycles. The maximum Gasteiger partial charge on any atom is 0.181 e. The maximum atomic E-state index is 10.9. The second-order valence-electron chi connectivity index (χ2n) is 5.22. The van der Waals surface area contributed by atoms with Crippen LogP contribution in [0.5, 0.6) is 0 Å². The van der Waals surface area contributed by atoms with E-state index in [-0.39, 0.29) is 11.2 Å². The Bertz CT molecular complexity index is 558. The lowest BCUT2D eigenvalue weighted by molar-refractivity contribution is -0.116. The first-order valence-electron chi connectivity index (χ1n) is 6.03. The summed E-state index contributed by atoms with van der Waals surface area (Å²) in [7, 11) is 0. The number of benzene rings is 1. The van der Waals surface area contributed by atoms with Crippen molar-refractivity contribution in [3.63, 3.8) is 0 Å². The molecule has 2 rings (SSSR count). The molecule has 0 aliphatic carbocycles. The van der Waals surface area contributed by atoms with Gasteiger partial charge in [0.25, 0.3) is 0 Å². The molecule has 0 unspecified atom stereocenters. The van der Waals surface area contributed by atoms with E-state index >= 15 is 0 Å². The van der Waals surface area contributed by atoms with Gasteiger partial charge in [-0.3, -0.25) is 4.79 Å². The van der Waals surface area contributed by atoms with E-state index < -0.39 is 0 Å². The summed E-state index contributed by atoms with van der Waals surface area (Å²) in [5, 5.41) is 3.17. The number of Topliss-reactive ketones (excluding diaryl/α,β-unsaturated/α-hetero) is 1. The smallest absolute Gasteiger partial charge is 0.181 e. The first kappa shape index (κ1) is 12.8. The van der Waals surface area contributed by atoms with Gasteiger partial charge in [0.05, 0.1) is 6.54 Å². The van der Waals surface area contributed by atoms with Crippen molar-refractivity contribution in [3.8, 4) is 0 Å². The third kappa shape index (κ3) is 2.76. The number of hydrogen-bond acceptors (Lipinski definition) is 4. The summed E-state index contributed by atoms with van der Waals surface area (Å²) >= 11 is 0. The zero-order valence-electron chi connectivity index (χ0n) is 11.0. The van der Waals surface area contributed by atoms with Crippen LogP contribution in [0.3, 0.4) is 0 Å². The topological polar surface area (TPSA) is 55.1 Å². The van der Waals surface area contributed by atoms with Gasteiger partial charge in [0.1, 0.15) is 11.3 Å². The van der Waals surface area contributed by atoms with Gasteiger partial charge in [-0.25, -0.2) is 4.98 Å². The summed E-state index contributed by atoms with van der Waals surface area (Å²) in [5.74, 6) is 0.150. The Balaban J connectivity index is 2.14. The van der Waals surface area contributed by atoms with Crippen molar-refractivity contribution in [2.75, 3.05) is 13.1 Å². The van der Waals surface area contributed by atoms with E-state index in [1.165, 1.54) is 12.0 Å². The average molecular weight is 246 g/mol. The Labute approximate surface area is 106 Å². The molecule has 2 aromatic rings. The lowest BCUT2D eigenvalue weighted by atomic mass is 9.84. The average Bonchev–Trinajstić information content (AvgIpc) is 2.74. The summed E-state index contributed by atoms with van der Waals surface area (Å²) in [6.07, 6.45) is 1.45. The predicted molar refractivity (Wildman–Crippen MR) is 70.6 cm³/mol. The minimum Gasteiger partial charge on any atom is -0.443 e. The number of oxazole rings is 1. The molecule has 0 radical (unpaired) electrons. The van der Waals surface area contributed by atoms with Gasteiger partial charge in [0.2, 0.25) is 0 Å². The fourth-order valence-electron chi connectivity index (χ4n) is 1.93. The monoisotopic (exact) mass is 246 g/mol. The molecule has 0 amide bonds. The second kappa shape index (κ2) is 4.90. The van der Waals surface area contributed by atoms with Crippen molar-refractivity contribution in [2.45, 2.75) is 26.2 Å². The Kier molecular flexibility index (Phi) is 3.48. The first-order chi connectivity index (χ1) is 8.49. The zero-order chi connectivity index (χ0) is 13.2. The number of hydrogen-bond donors (Lipinski definition) is 1. The third-order valence-corrected chi connectivity index (χ3v) is 3.05. The molecule has 0 aliphatic heterocycles. The molecule has 1 N–H and O–H groups in total. The van der Waals surface area contributed by atoms with E-state index in [9.17, 15) is 4.79 Å². The molecule has 0 saturated carbocycles. The van der Waals surface area contributed by atoms with Crippen LogP contribution in [0.2, 0.25) is 0 Å². The number of carbonyl (C=O) groups excluding carboxylic acids is 1. The Morgan fingerprint density at radius 1 is 1.44 bits per heavy atom. The number of rotatable bonds is 5. The van der Waals surface area contributed by atoms with E-state index in [0.29, 0.717) is 6.54 Å². The SMILES string of the molecule is CC(=O)CNCC(C)(C)c1ccc2ncoc2c1. The molecule has 4 heteroatoms. The zero-order valence-corrected chi connectivity index (χ0v) is 11.0. The van der Waals surface area contributed by atoms with Gasteiger partial charge < -0.3 is 9.73 Å². The number of aromatic nitrogens is 1. The highest BCUT2D eigenvalue weighted by molar-refractivity contribution is 5.77. The minimum atomic E-state index is -0.0591. The molecular formula is C14H18N2O2. The van der Waals surface area contributed by atoms with Crippen LogP contribution in [0.4, 0.5) is 0 Å². The van der Waals surface area contributed by atoms with E-state index in [2.05, 4.69) is 30.2 Å². The lowest BCUT2D eigenvalue weighted by Crippen LogP contribution is -2.35. The maximum absolute atomic E-state index is 10.9. The standard InChI is InChI=1S/C14H18N2O2/c1-10(17)7-15-8-14(2,3)11-4-5-12-13(6-11)18-9-16-12/h4-6,9,15H,7-8H2,1-3H3. The van der Waals surface area contributed by atoms with E-state index in [4.69, 9.17) is 4.42 Å². The van der Waals surface area contributed by atoms with Crippen molar-refractivity contribution < 1.29 is 9.21 Å². The highest BCUT2D eigenvalue weighted by atomic mass is 16.3. The molecule has 1 aromatic heterocycles. The van der Waals surface area contributed by atoms with Gasteiger partial charge >= 0.3 is 0 Å². The lowest BCUT2D eigenvalue weighted by Gasteiger charge is -2.25. The Hall–Kier alpha value is -1.68. The van der Waals surface area contributed by atoms with Gasteiger partial charge in [0.15, 0.2) is 12.0 Å². The van der Waals surface area contributed by atoms with Crippen LogP contribution in [-0.2, 0) is 10.2 Å². The third-order valence-electron chi connectivity index (χ3n) is 3.05. The molecule has 0 spiro atoms. The van der Waals surface area contributed by atoms with E-state index in [0.717, 1.165) is 17.6 Å². The highest BCUT2D eigenvalue weighted by Crippen LogP contribution is 2.25. The van der Waals surface area contributed by atoms with Crippen molar-refractivity contribution >= 4 is 16.9 Å². The van der Waals surface area contributed by atoms with Crippen LogP contribution < -0.4 is 5.32 Å². The fraction of sp³-hybridized carbons (Fsp3) is 0.429. The number of carbonyl (C=O) groups is 1. The van der Waals surface area contributed by atoms with Gasteiger partial charge in [-0.1, -0.05) is 19.9 Å².